The maximum atomic E-state index is 12.1. The van der Waals surface area contributed by atoms with Gasteiger partial charge in [-0.25, -0.2) is 0 Å². The zero-order chi connectivity index (χ0) is 11.2. The molecule has 0 spiro atoms. The maximum absolute atomic E-state index is 12.1. The highest BCUT2D eigenvalue weighted by atomic mass is 16.1. The summed E-state index contributed by atoms with van der Waals surface area (Å²) < 4.78 is 0. The van der Waals surface area contributed by atoms with Crippen molar-refractivity contribution in [3.05, 3.63) is 11.6 Å². The Balaban J connectivity index is 1.83. The highest BCUT2D eigenvalue weighted by molar-refractivity contribution is 5.96. The number of carbonyl (C=O) groups excluding carboxylic acids is 1. The van der Waals surface area contributed by atoms with Crippen molar-refractivity contribution in [2.45, 2.75) is 32.1 Å². The second kappa shape index (κ2) is 6.16. The Hall–Kier alpha value is -0.670. The Bertz CT molecular complexity index is 267. The van der Waals surface area contributed by atoms with Crippen molar-refractivity contribution in [2.24, 2.45) is 0 Å². The van der Waals surface area contributed by atoms with E-state index in [2.05, 4.69) is 16.3 Å². The van der Waals surface area contributed by atoms with Crippen LogP contribution in [0.1, 0.15) is 32.1 Å². The van der Waals surface area contributed by atoms with Gasteiger partial charge in [-0.15, -0.1) is 0 Å². The van der Waals surface area contributed by atoms with Crippen LogP contribution < -0.4 is 5.32 Å². The number of allylic oxidation sites excluding steroid dienone is 1. The first-order valence-corrected chi connectivity index (χ1v) is 6.51. The van der Waals surface area contributed by atoms with Gasteiger partial charge < -0.3 is 5.32 Å². The Morgan fingerprint density at radius 1 is 1.25 bits per heavy atom. The van der Waals surface area contributed by atoms with E-state index >= 15 is 0 Å². The largest absolute Gasteiger partial charge is 0.314 e. The predicted molar refractivity (Wildman–Crippen MR) is 65.5 cm³/mol. The fourth-order valence-corrected chi connectivity index (χ4v) is 2.44. The number of piperazine rings is 1. The van der Waals surface area contributed by atoms with Crippen LogP contribution in [0.15, 0.2) is 11.6 Å². The van der Waals surface area contributed by atoms with Gasteiger partial charge in [0.25, 0.3) is 0 Å². The van der Waals surface area contributed by atoms with E-state index in [9.17, 15) is 4.79 Å². The summed E-state index contributed by atoms with van der Waals surface area (Å²) in [5, 5.41) is 3.31. The average Bonchev–Trinajstić information content (AvgIpc) is 2.59. The maximum Gasteiger partial charge on any atom is 0.172 e. The minimum absolute atomic E-state index is 0.365. The molecule has 0 amide bonds. The molecule has 0 unspecified atom stereocenters. The summed E-state index contributed by atoms with van der Waals surface area (Å²) in [5.74, 6) is 0.365. The van der Waals surface area contributed by atoms with Crippen molar-refractivity contribution in [2.75, 3.05) is 32.7 Å². The van der Waals surface area contributed by atoms with E-state index in [1.807, 2.05) is 0 Å². The number of rotatable bonds is 3. The van der Waals surface area contributed by atoms with Crippen LogP contribution in [0.4, 0.5) is 0 Å². The zero-order valence-electron chi connectivity index (χ0n) is 10.0. The summed E-state index contributed by atoms with van der Waals surface area (Å²) >= 11 is 0. The zero-order valence-corrected chi connectivity index (χ0v) is 10.0. The van der Waals surface area contributed by atoms with Crippen molar-refractivity contribution in [3.63, 3.8) is 0 Å². The fraction of sp³-hybridized carbons (Fsp3) is 0.769. The molecule has 0 radical (unpaired) electrons. The summed E-state index contributed by atoms with van der Waals surface area (Å²) in [4.78, 5) is 14.4. The molecular formula is C13H22N2O. The van der Waals surface area contributed by atoms with Gasteiger partial charge in [0.05, 0.1) is 6.54 Å². The third kappa shape index (κ3) is 3.42. The average molecular weight is 222 g/mol. The number of Topliss-reactive ketones (excluding diaryl/α,β-unsaturated/α-hetero) is 1. The Morgan fingerprint density at radius 3 is 2.88 bits per heavy atom. The first kappa shape index (κ1) is 11.8. The van der Waals surface area contributed by atoms with Crippen LogP contribution >= 0.6 is 0 Å². The van der Waals surface area contributed by atoms with Gasteiger partial charge in [0.15, 0.2) is 5.78 Å². The van der Waals surface area contributed by atoms with Crippen molar-refractivity contribution >= 4 is 5.78 Å². The van der Waals surface area contributed by atoms with Crippen LogP contribution in [-0.4, -0.2) is 43.4 Å². The normalized spacial score (nSPS) is 23.6. The SMILES string of the molecule is O=C(CN1CCNCC1)C1=CCCCCC1. The molecule has 0 bridgehead atoms. The summed E-state index contributed by atoms with van der Waals surface area (Å²) in [5.41, 5.74) is 1.09. The predicted octanol–water partition coefficient (Wildman–Crippen LogP) is 1.35. The standard InChI is InChI=1S/C13H22N2O/c16-13(11-15-9-7-14-8-10-15)12-5-3-1-2-4-6-12/h5,14H,1-4,6-11H2. The van der Waals surface area contributed by atoms with Gasteiger partial charge >= 0.3 is 0 Å². The van der Waals surface area contributed by atoms with E-state index in [4.69, 9.17) is 0 Å². The van der Waals surface area contributed by atoms with Gasteiger partial charge in [0, 0.05) is 26.2 Å². The van der Waals surface area contributed by atoms with Gasteiger partial charge in [0.2, 0.25) is 0 Å². The third-order valence-electron chi connectivity index (χ3n) is 3.48. The molecule has 1 N–H and O–H groups in total. The van der Waals surface area contributed by atoms with Crippen LogP contribution in [0.3, 0.4) is 0 Å². The number of carbonyl (C=O) groups is 1. The second-order valence-electron chi connectivity index (χ2n) is 4.78. The molecule has 1 heterocycles. The first-order chi connectivity index (χ1) is 7.86. The van der Waals surface area contributed by atoms with E-state index in [1.54, 1.807) is 0 Å². The first-order valence-electron chi connectivity index (χ1n) is 6.51. The van der Waals surface area contributed by atoms with Crippen molar-refractivity contribution in [1.82, 2.24) is 10.2 Å². The molecule has 2 rings (SSSR count). The highest BCUT2D eigenvalue weighted by Crippen LogP contribution is 2.18. The lowest BCUT2D eigenvalue weighted by Crippen LogP contribution is -2.45. The van der Waals surface area contributed by atoms with Gasteiger partial charge in [-0.3, -0.25) is 9.69 Å². The number of nitrogens with zero attached hydrogens (tertiary/aromatic N) is 1. The molecule has 1 fully saturated rings. The summed E-state index contributed by atoms with van der Waals surface area (Å²) in [6, 6.07) is 0. The van der Waals surface area contributed by atoms with Crippen molar-refractivity contribution < 1.29 is 4.79 Å². The molecule has 0 aromatic carbocycles. The fourth-order valence-electron chi connectivity index (χ4n) is 2.44. The van der Waals surface area contributed by atoms with Gasteiger partial charge in [-0.05, 0) is 31.3 Å². The lowest BCUT2D eigenvalue weighted by Gasteiger charge is -2.26. The molecule has 3 nitrogen and oxygen atoms in total. The third-order valence-corrected chi connectivity index (χ3v) is 3.48. The molecule has 1 aliphatic heterocycles. The van der Waals surface area contributed by atoms with Crippen LogP contribution in [0.2, 0.25) is 0 Å². The quantitative estimate of drug-likeness (QED) is 0.782. The number of ketones is 1. The molecule has 0 saturated carbocycles. The van der Waals surface area contributed by atoms with Crippen LogP contribution in [0.25, 0.3) is 0 Å². The summed E-state index contributed by atoms with van der Waals surface area (Å²) in [6.45, 7) is 4.70. The highest BCUT2D eigenvalue weighted by Gasteiger charge is 2.16. The van der Waals surface area contributed by atoms with Gasteiger partial charge in [-0.1, -0.05) is 12.5 Å². The number of hydrogen-bond acceptors (Lipinski definition) is 3. The van der Waals surface area contributed by atoms with Crippen molar-refractivity contribution in [3.8, 4) is 0 Å². The number of nitrogens with one attached hydrogen (secondary N) is 1. The molecule has 1 saturated heterocycles. The summed E-state index contributed by atoms with van der Waals surface area (Å²) in [7, 11) is 0. The number of hydrogen-bond donors (Lipinski definition) is 1. The molecule has 16 heavy (non-hydrogen) atoms. The van der Waals surface area contributed by atoms with E-state index in [1.165, 1.54) is 19.3 Å². The lowest BCUT2D eigenvalue weighted by atomic mass is 10.1. The smallest absolute Gasteiger partial charge is 0.172 e. The molecule has 1 aliphatic carbocycles. The topological polar surface area (TPSA) is 32.3 Å². The van der Waals surface area contributed by atoms with E-state index < -0.39 is 0 Å². The second-order valence-corrected chi connectivity index (χ2v) is 4.78. The Kier molecular flexibility index (Phi) is 4.55. The van der Waals surface area contributed by atoms with Gasteiger partial charge in [-0.2, -0.15) is 0 Å². The van der Waals surface area contributed by atoms with E-state index in [0.29, 0.717) is 12.3 Å². The minimum atomic E-state index is 0.365. The van der Waals surface area contributed by atoms with E-state index in [0.717, 1.165) is 44.6 Å². The molecule has 0 atom stereocenters. The Labute approximate surface area is 97.9 Å². The van der Waals surface area contributed by atoms with Crippen LogP contribution in [-0.2, 0) is 4.79 Å². The lowest BCUT2D eigenvalue weighted by molar-refractivity contribution is -0.117. The van der Waals surface area contributed by atoms with Gasteiger partial charge in [0.1, 0.15) is 0 Å². The van der Waals surface area contributed by atoms with Crippen LogP contribution in [0.5, 0.6) is 0 Å². The molecule has 0 aromatic heterocycles. The summed E-state index contributed by atoms with van der Waals surface area (Å²) in [6.07, 6.45) is 8.01. The Morgan fingerprint density at radius 2 is 2.06 bits per heavy atom. The minimum Gasteiger partial charge on any atom is -0.314 e. The molecule has 3 heteroatoms. The van der Waals surface area contributed by atoms with Crippen molar-refractivity contribution in [1.29, 1.82) is 0 Å². The van der Waals surface area contributed by atoms with E-state index in [-0.39, 0.29) is 0 Å². The molecule has 0 aromatic rings. The van der Waals surface area contributed by atoms with Crippen LogP contribution in [0, 0.1) is 0 Å². The molecule has 2 aliphatic rings. The monoisotopic (exact) mass is 222 g/mol. The molecule has 90 valence electrons. The molecular weight excluding hydrogens is 200 g/mol.